The molecule has 1 aromatic carbocycles. The summed E-state index contributed by atoms with van der Waals surface area (Å²) in [4.78, 5) is 4.25. The maximum atomic E-state index is 5.97. The molecule has 0 aromatic heterocycles. The van der Waals surface area contributed by atoms with E-state index >= 15 is 0 Å². The molecule has 3 heteroatoms. The standard InChI is InChI=1S/C11H15ClN2/c1-2-5-11(13)14-8-9-6-3-4-7-10(9)12/h3-4,6-7H,2,5,8H2,1H3,(H2,13,14). The Balaban J connectivity index is 2.61. The van der Waals surface area contributed by atoms with Crippen molar-refractivity contribution in [3.05, 3.63) is 34.9 Å². The smallest absolute Gasteiger partial charge is 0.0941 e. The molecule has 76 valence electrons. The fraction of sp³-hybridized carbons (Fsp3) is 0.364. The Labute approximate surface area is 89.8 Å². The fourth-order valence-corrected chi connectivity index (χ4v) is 1.34. The third-order valence-corrected chi connectivity index (χ3v) is 2.29. The van der Waals surface area contributed by atoms with E-state index in [4.69, 9.17) is 17.3 Å². The molecule has 0 aliphatic heterocycles. The molecule has 0 saturated carbocycles. The summed E-state index contributed by atoms with van der Waals surface area (Å²) in [6.45, 7) is 2.66. The minimum atomic E-state index is 0.575. The van der Waals surface area contributed by atoms with Gasteiger partial charge in [-0.25, -0.2) is 0 Å². The monoisotopic (exact) mass is 210 g/mol. The van der Waals surface area contributed by atoms with E-state index in [0.717, 1.165) is 23.4 Å². The van der Waals surface area contributed by atoms with Crippen molar-refractivity contribution >= 4 is 17.4 Å². The van der Waals surface area contributed by atoms with Gasteiger partial charge in [-0.2, -0.15) is 0 Å². The molecule has 2 nitrogen and oxygen atoms in total. The highest BCUT2D eigenvalue weighted by atomic mass is 35.5. The van der Waals surface area contributed by atoms with Crippen LogP contribution in [0.3, 0.4) is 0 Å². The van der Waals surface area contributed by atoms with Crippen molar-refractivity contribution in [2.75, 3.05) is 0 Å². The molecule has 0 unspecified atom stereocenters. The van der Waals surface area contributed by atoms with Gasteiger partial charge in [-0.1, -0.05) is 36.7 Å². The van der Waals surface area contributed by atoms with Crippen LogP contribution in [-0.2, 0) is 6.54 Å². The average molecular weight is 211 g/mol. The molecule has 0 spiro atoms. The number of nitrogens with two attached hydrogens (primary N) is 1. The van der Waals surface area contributed by atoms with E-state index < -0.39 is 0 Å². The van der Waals surface area contributed by atoms with Crippen LogP contribution in [0, 0.1) is 0 Å². The Hall–Kier alpha value is -1.02. The maximum Gasteiger partial charge on any atom is 0.0941 e. The minimum absolute atomic E-state index is 0.575. The predicted octanol–water partition coefficient (Wildman–Crippen LogP) is 3.00. The number of benzene rings is 1. The van der Waals surface area contributed by atoms with Gasteiger partial charge in [0, 0.05) is 11.4 Å². The zero-order valence-corrected chi connectivity index (χ0v) is 9.09. The third-order valence-electron chi connectivity index (χ3n) is 1.92. The third kappa shape index (κ3) is 3.38. The fourth-order valence-electron chi connectivity index (χ4n) is 1.15. The number of amidine groups is 1. The van der Waals surface area contributed by atoms with E-state index in [1.54, 1.807) is 0 Å². The first kappa shape index (κ1) is 11.1. The van der Waals surface area contributed by atoms with Crippen molar-refractivity contribution in [1.29, 1.82) is 0 Å². The predicted molar refractivity (Wildman–Crippen MR) is 61.7 cm³/mol. The van der Waals surface area contributed by atoms with Gasteiger partial charge in [-0.15, -0.1) is 0 Å². The molecule has 0 saturated heterocycles. The van der Waals surface area contributed by atoms with Gasteiger partial charge in [0.15, 0.2) is 0 Å². The molecular formula is C11H15ClN2. The van der Waals surface area contributed by atoms with Gasteiger partial charge >= 0.3 is 0 Å². The number of rotatable bonds is 4. The molecule has 0 bridgehead atoms. The van der Waals surface area contributed by atoms with Crippen molar-refractivity contribution < 1.29 is 0 Å². The Bertz CT molecular complexity index is 321. The van der Waals surface area contributed by atoms with Crippen molar-refractivity contribution in [3.8, 4) is 0 Å². The molecule has 1 aromatic rings. The highest BCUT2D eigenvalue weighted by Gasteiger charge is 1.97. The molecule has 14 heavy (non-hydrogen) atoms. The van der Waals surface area contributed by atoms with Crippen LogP contribution >= 0.6 is 11.6 Å². The molecule has 0 aliphatic rings. The topological polar surface area (TPSA) is 38.4 Å². The lowest BCUT2D eigenvalue weighted by Crippen LogP contribution is -2.11. The molecule has 2 N–H and O–H groups in total. The zero-order chi connectivity index (χ0) is 10.4. The van der Waals surface area contributed by atoms with E-state index in [9.17, 15) is 0 Å². The number of halogens is 1. The first-order valence-corrected chi connectivity index (χ1v) is 5.14. The lowest BCUT2D eigenvalue weighted by Gasteiger charge is -2.01. The Morgan fingerprint density at radius 3 is 2.79 bits per heavy atom. The van der Waals surface area contributed by atoms with Crippen LogP contribution in [0.4, 0.5) is 0 Å². The van der Waals surface area contributed by atoms with Crippen molar-refractivity contribution in [2.45, 2.75) is 26.3 Å². The van der Waals surface area contributed by atoms with Crippen LogP contribution < -0.4 is 5.73 Å². The summed E-state index contributed by atoms with van der Waals surface area (Å²) in [5.74, 6) is 0.701. The summed E-state index contributed by atoms with van der Waals surface area (Å²) >= 11 is 5.97. The lowest BCUT2D eigenvalue weighted by atomic mass is 10.2. The zero-order valence-electron chi connectivity index (χ0n) is 8.33. The summed E-state index contributed by atoms with van der Waals surface area (Å²) in [5, 5.41) is 0.751. The Kier molecular flexibility index (Phi) is 4.47. The van der Waals surface area contributed by atoms with Crippen LogP contribution in [0.2, 0.25) is 5.02 Å². The lowest BCUT2D eigenvalue weighted by molar-refractivity contribution is 0.954. The van der Waals surface area contributed by atoms with Crippen LogP contribution in [0.5, 0.6) is 0 Å². The van der Waals surface area contributed by atoms with Crippen LogP contribution in [0.15, 0.2) is 29.3 Å². The van der Waals surface area contributed by atoms with Gasteiger partial charge in [0.05, 0.1) is 12.4 Å². The number of aliphatic imine (C=N–C) groups is 1. The summed E-state index contributed by atoms with van der Waals surface area (Å²) < 4.78 is 0. The Morgan fingerprint density at radius 2 is 2.14 bits per heavy atom. The minimum Gasteiger partial charge on any atom is -0.387 e. The van der Waals surface area contributed by atoms with E-state index in [0.29, 0.717) is 12.4 Å². The van der Waals surface area contributed by atoms with E-state index in [-0.39, 0.29) is 0 Å². The van der Waals surface area contributed by atoms with Crippen molar-refractivity contribution in [1.82, 2.24) is 0 Å². The second kappa shape index (κ2) is 5.66. The average Bonchev–Trinajstić information content (AvgIpc) is 2.17. The SMILES string of the molecule is CCCC(N)=NCc1ccccc1Cl. The molecule has 0 aliphatic carbocycles. The van der Waals surface area contributed by atoms with Gasteiger partial charge < -0.3 is 5.73 Å². The molecule has 0 amide bonds. The van der Waals surface area contributed by atoms with E-state index in [1.165, 1.54) is 0 Å². The second-order valence-corrected chi connectivity index (χ2v) is 3.56. The molecular weight excluding hydrogens is 196 g/mol. The summed E-state index contributed by atoms with van der Waals surface area (Å²) in [5.41, 5.74) is 6.71. The molecule has 0 radical (unpaired) electrons. The quantitative estimate of drug-likeness (QED) is 0.602. The highest BCUT2D eigenvalue weighted by Crippen LogP contribution is 2.15. The molecule has 0 atom stereocenters. The number of hydrogen-bond donors (Lipinski definition) is 1. The first-order valence-electron chi connectivity index (χ1n) is 4.76. The van der Waals surface area contributed by atoms with E-state index in [1.807, 2.05) is 24.3 Å². The van der Waals surface area contributed by atoms with Gasteiger partial charge in [0.2, 0.25) is 0 Å². The normalized spacial score (nSPS) is 11.7. The van der Waals surface area contributed by atoms with Crippen LogP contribution in [0.25, 0.3) is 0 Å². The summed E-state index contributed by atoms with van der Waals surface area (Å²) in [6.07, 6.45) is 1.88. The van der Waals surface area contributed by atoms with Gasteiger partial charge in [-0.05, 0) is 18.1 Å². The summed E-state index contributed by atoms with van der Waals surface area (Å²) in [6, 6.07) is 7.69. The second-order valence-electron chi connectivity index (χ2n) is 3.15. The Morgan fingerprint density at radius 1 is 1.43 bits per heavy atom. The van der Waals surface area contributed by atoms with Crippen molar-refractivity contribution in [2.24, 2.45) is 10.7 Å². The highest BCUT2D eigenvalue weighted by molar-refractivity contribution is 6.31. The largest absolute Gasteiger partial charge is 0.387 e. The first-order chi connectivity index (χ1) is 6.74. The maximum absolute atomic E-state index is 5.97. The van der Waals surface area contributed by atoms with Crippen molar-refractivity contribution in [3.63, 3.8) is 0 Å². The molecule has 0 fully saturated rings. The van der Waals surface area contributed by atoms with Gasteiger partial charge in [0.1, 0.15) is 0 Å². The van der Waals surface area contributed by atoms with Gasteiger partial charge in [0.25, 0.3) is 0 Å². The molecule has 0 heterocycles. The van der Waals surface area contributed by atoms with Crippen LogP contribution in [-0.4, -0.2) is 5.84 Å². The molecule has 1 rings (SSSR count). The van der Waals surface area contributed by atoms with Crippen LogP contribution in [0.1, 0.15) is 25.3 Å². The number of hydrogen-bond acceptors (Lipinski definition) is 1. The number of nitrogens with zero attached hydrogens (tertiary/aromatic N) is 1. The van der Waals surface area contributed by atoms with Gasteiger partial charge in [-0.3, -0.25) is 4.99 Å². The summed E-state index contributed by atoms with van der Waals surface area (Å²) in [7, 11) is 0. The van der Waals surface area contributed by atoms with E-state index in [2.05, 4.69) is 11.9 Å².